The number of amides is 1. The molecule has 116 valence electrons. The molecule has 1 heterocycles. The largest absolute Gasteiger partial charge is 0.357 e. The highest BCUT2D eigenvalue weighted by atomic mass is 127. The van der Waals surface area contributed by atoms with Crippen molar-refractivity contribution in [3.05, 3.63) is 0 Å². The lowest BCUT2D eigenvalue weighted by Gasteiger charge is -2.16. The summed E-state index contributed by atoms with van der Waals surface area (Å²) in [5.74, 6) is 1.91. The molecule has 5 nitrogen and oxygen atoms in total. The van der Waals surface area contributed by atoms with Crippen molar-refractivity contribution < 1.29 is 4.79 Å². The van der Waals surface area contributed by atoms with Crippen LogP contribution in [-0.4, -0.2) is 49.5 Å². The fraction of sp³-hybridized carbons (Fsp3) is 0.857. The normalized spacial score (nSPS) is 18.6. The minimum absolute atomic E-state index is 0. The van der Waals surface area contributed by atoms with Gasteiger partial charge in [-0.25, -0.2) is 0 Å². The van der Waals surface area contributed by atoms with E-state index in [1.807, 2.05) is 4.90 Å². The third kappa shape index (κ3) is 6.28. The third-order valence-corrected chi connectivity index (χ3v) is 3.64. The van der Waals surface area contributed by atoms with Gasteiger partial charge in [0.1, 0.15) is 0 Å². The van der Waals surface area contributed by atoms with E-state index in [1.54, 1.807) is 0 Å². The molecule has 0 aromatic heterocycles. The first kappa shape index (κ1) is 17.5. The van der Waals surface area contributed by atoms with Gasteiger partial charge in [-0.3, -0.25) is 9.79 Å². The van der Waals surface area contributed by atoms with Gasteiger partial charge in [0.25, 0.3) is 0 Å². The average Bonchev–Trinajstić information content (AvgIpc) is 3.07. The Hall–Kier alpha value is -0.530. The zero-order valence-electron chi connectivity index (χ0n) is 12.4. The van der Waals surface area contributed by atoms with Crippen molar-refractivity contribution in [3.8, 4) is 0 Å². The molecule has 0 atom stereocenters. The number of aliphatic imine (C=N–C) groups is 1. The van der Waals surface area contributed by atoms with Crippen LogP contribution in [0.15, 0.2) is 4.99 Å². The fourth-order valence-corrected chi connectivity index (χ4v) is 2.28. The number of rotatable bonds is 6. The molecule has 2 N–H and O–H groups in total. The van der Waals surface area contributed by atoms with Crippen molar-refractivity contribution >= 4 is 35.8 Å². The zero-order chi connectivity index (χ0) is 13.5. The van der Waals surface area contributed by atoms with Crippen LogP contribution in [0.2, 0.25) is 0 Å². The van der Waals surface area contributed by atoms with E-state index in [-0.39, 0.29) is 29.9 Å². The maximum absolute atomic E-state index is 11.9. The van der Waals surface area contributed by atoms with Gasteiger partial charge in [0.05, 0.1) is 0 Å². The van der Waals surface area contributed by atoms with Crippen molar-refractivity contribution in [2.45, 2.75) is 39.0 Å². The van der Waals surface area contributed by atoms with Crippen LogP contribution in [0.1, 0.15) is 39.0 Å². The minimum atomic E-state index is 0. The lowest BCUT2D eigenvalue weighted by atomic mass is 10.3. The molecular weight excluding hydrogens is 367 g/mol. The zero-order valence-corrected chi connectivity index (χ0v) is 14.7. The van der Waals surface area contributed by atoms with E-state index in [9.17, 15) is 4.79 Å². The summed E-state index contributed by atoms with van der Waals surface area (Å²) >= 11 is 0. The number of nitrogens with zero attached hydrogens (tertiary/aromatic N) is 2. The van der Waals surface area contributed by atoms with Crippen LogP contribution in [0.3, 0.4) is 0 Å². The van der Waals surface area contributed by atoms with Crippen LogP contribution in [-0.2, 0) is 4.79 Å². The molecule has 0 radical (unpaired) electrons. The summed E-state index contributed by atoms with van der Waals surface area (Å²) in [5, 5.41) is 6.47. The van der Waals surface area contributed by atoms with E-state index in [0.29, 0.717) is 13.0 Å². The van der Waals surface area contributed by atoms with E-state index >= 15 is 0 Å². The van der Waals surface area contributed by atoms with Gasteiger partial charge in [-0.1, -0.05) is 0 Å². The molecule has 1 amide bonds. The Labute approximate surface area is 139 Å². The van der Waals surface area contributed by atoms with E-state index in [0.717, 1.165) is 50.9 Å². The van der Waals surface area contributed by atoms with Gasteiger partial charge in [-0.2, -0.15) is 0 Å². The van der Waals surface area contributed by atoms with Crippen molar-refractivity contribution in [3.63, 3.8) is 0 Å². The van der Waals surface area contributed by atoms with Crippen LogP contribution >= 0.6 is 24.0 Å². The van der Waals surface area contributed by atoms with Gasteiger partial charge in [0.15, 0.2) is 5.96 Å². The molecule has 6 heteroatoms. The van der Waals surface area contributed by atoms with E-state index in [1.165, 1.54) is 12.8 Å². The second kappa shape index (κ2) is 9.41. The molecule has 20 heavy (non-hydrogen) atoms. The van der Waals surface area contributed by atoms with Crippen LogP contribution in [0.5, 0.6) is 0 Å². The SMILES string of the molecule is CCNC(=NCC1CC1)NCCC(=O)N1CCCC1.I. The predicted octanol–water partition coefficient (Wildman–Crippen LogP) is 1.58. The Bertz CT molecular complexity index is 325. The first-order chi connectivity index (χ1) is 9.29. The monoisotopic (exact) mass is 394 g/mol. The molecule has 0 spiro atoms. The highest BCUT2D eigenvalue weighted by molar-refractivity contribution is 14.0. The van der Waals surface area contributed by atoms with E-state index in [4.69, 9.17) is 0 Å². The number of guanidine groups is 1. The quantitative estimate of drug-likeness (QED) is 0.409. The van der Waals surface area contributed by atoms with Crippen LogP contribution in [0, 0.1) is 5.92 Å². The number of carbonyl (C=O) groups is 1. The van der Waals surface area contributed by atoms with E-state index in [2.05, 4.69) is 22.5 Å². The highest BCUT2D eigenvalue weighted by Gasteiger charge is 2.21. The molecule has 1 aliphatic heterocycles. The molecule has 1 saturated heterocycles. The summed E-state index contributed by atoms with van der Waals surface area (Å²) < 4.78 is 0. The molecule has 1 aliphatic carbocycles. The summed E-state index contributed by atoms with van der Waals surface area (Å²) in [6, 6.07) is 0. The lowest BCUT2D eigenvalue weighted by molar-refractivity contribution is -0.129. The molecular formula is C14H27IN4O. The van der Waals surface area contributed by atoms with Crippen LogP contribution in [0.4, 0.5) is 0 Å². The highest BCUT2D eigenvalue weighted by Crippen LogP contribution is 2.28. The predicted molar refractivity (Wildman–Crippen MR) is 92.6 cm³/mol. The first-order valence-corrected chi connectivity index (χ1v) is 7.59. The number of likely N-dealkylation sites (tertiary alicyclic amines) is 1. The lowest BCUT2D eigenvalue weighted by Crippen LogP contribution is -2.39. The van der Waals surface area contributed by atoms with Crippen molar-refractivity contribution in [2.24, 2.45) is 10.9 Å². The fourth-order valence-electron chi connectivity index (χ4n) is 2.28. The number of hydrogen-bond acceptors (Lipinski definition) is 2. The van der Waals surface area contributed by atoms with Crippen molar-refractivity contribution in [1.82, 2.24) is 15.5 Å². The maximum atomic E-state index is 11.9. The van der Waals surface area contributed by atoms with Gasteiger partial charge in [0, 0.05) is 39.1 Å². The summed E-state index contributed by atoms with van der Waals surface area (Å²) in [4.78, 5) is 18.4. The van der Waals surface area contributed by atoms with Gasteiger partial charge in [0.2, 0.25) is 5.91 Å². The van der Waals surface area contributed by atoms with Gasteiger partial charge in [-0.05, 0) is 38.5 Å². The smallest absolute Gasteiger partial charge is 0.224 e. The molecule has 0 aromatic carbocycles. The Morgan fingerprint density at radius 2 is 1.95 bits per heavy atom. The summed E-state index contributed by atoms with van der Waals surface area (Å²) in [7, 11) is 0. The first-order valence-electron chi connectivity index (χ1n) is 7.59. The Morgan fingerprint density at radius 3 is 2.55 bits per heavy atom. The Balaban J connectivity index is 0.00000200. The number of nitrogens with one attached hydrogen (secondary N) is 2. The summed E-state index contributed by atoms with van der Waals surface area (Å²) in [6.07, 6.45) is 5.51. The van der Waals surface area contributed by atoms with Gasteiger partial charge < -0.3 is 15.5 Å². The minimum Gasteiger partial charge on any atom is -0.357 e. The third-order valence-electron chi connectivity index (χ3n) is 3.64. The molecule has 0 unspecified atom stereocenters. The molecule has 0 bridgehead atoms. The molecule has 2 rings (SSSR count). The van der Waals surface area contributed by atoms with Crippen LogP contribution < -0.4 is 10.6 Å². The summed E-state index contributed by atoms with van der Waals surface area (Å²) in [6.45, 7) is 6.38. The van der Waals surface area contributed by atoms with E-state index < -0.39 is 0 Å². The average molecular weight is 394 g/mol. The molecule has 0 aromatic rings. The maximum Gasteiger partial charge on any atom is 0.224 e. The van der Waals surface area contributed by atoms with Crippen LogP contribution in [0.25, 0.3) is 0 Å². The number of hydrogen-bond donors (Lipinski definition) is 2. The van der Waals surface area contributed by atoms with Gasteiger partial charge in [-0.15, -0.1) is 24.0 Å². The van der Waals surface area contributed by atoms with Crippen molar-refractivity contribution in [2.75, 3.05) is 32.7 Å². The topological polar surface area (TPSA) is 56.7 Å². The second-order valence-electron chi connectivity index (χ2n) is 5.43. The van der Waals surface area contributed by atoms with Gasteiger partial charge >= 0.3 is 0 Å². The standard InChI is InChI=1S/C14H26N4O.HI/c1-2-15-14(17-11-12-5-6-12)16-8-7-13(19)18-9-3-4-10-18;/h12H,2-11H2,1H3,(H2,15,16,17);1H. The summed E-state index contributed by atoms with van der Waals surface area (Å²) in [5.41, 5.74) is 0. The van der Waals surface area contributed by atoms with Crippen molar-refractivity contribution in [1.29, 1.82) is 0 Å². The molecule has 2 fully saturated rings. The molecule has 1 saturated carbocycles. The number of halogens is 1. The Morgan fingerprint density at radius 1 is 1.25 bits per heavy atom. The Kier molecular flexibility index (Phi) is 8.25. The molecule has 2 aliphatic rings. The second-order valence-corrected chi connectivity index (χ2v) is 5.43. The number of carbonyl (C=O) groups excluding carboxylic acids is 1.